The maximum atomic E-state index is 13.4. The topological polar surface area (TPSA) is 53.1 Å². The molecule has 3 fully saturated rings. The van der Waals surface area contributed by atoms with Crippen LogP contribution < -0.4 is 0 Å². The van der Waals surface area contributed by atoms with Crippen molar-refractivity contribution in [1.29, 1.82) is 0 Å². The number of likely N-dealkylation sites (tertiary alicyclic amines) is 2. The Kier molecular flexibility index (Phi) is 5.32. The third kappa shape index (κ3) is 3.31. The van der Waals surface area contributed by atoms with Crippen LogP contribution in [0, 0.1) is 24.2 Å². The molecule has 2 aliphatic heterocycles. The van der Waals surface area contributed by atoms with E-state index in [1.54, 1.807) is 12.0 Å². The highest BCUT2D eigenvalue weighted by Crippen LogP contribution is 2.49. The number of hydrogen-bond donors (Lipinski definition) is 0. The summed E-state index contributed by atoms with van der Waals surface area (Å²) in [6, 6.07) is 8.42. The largest absolute Gasteiger partial charge is 0.384 e. The standard InChI is InChI=1S/C23H33N3O3/c1-16-8-5-6-9-18(16)20-19-14-25(21(27)23(15-29-4)10-7-11-23)12-17(19)13-26(20)22(28)24(2)3/h5-6,8-9,17,19-20H,7,10-15H2,1-4H3/t17-,19-,20+/m1/s1. The van der Waals surface area contributed by atoms with Crippen LogP contribution in [-0.2, 0) is 9.53 Å². The lowest BCUT2D eigenvalue weighted by molar-refractivity contribution is -0.151. The molecule has 1 aromatic rings. The Morgan fingerprint density at radius 3 is 2.48 bits per heavy atom. The second-order valence-corrected chi connectivity index (χ2v) is 9.33. The molecule has 29 heavy (non-hydrogen) atoms. The van der Waals surface area contributed by atoms with E-state index in [2.05, 4.69) is 24.0 Å². The lowest BCUT2D eigenvalue weighted by atomic mass is 9.68. The van der Waals surface area contributed by atoms with Gasteiger partial charge in [0.15, 0.2) is 0 Å². The van der Waals surface area contributed by atoms with Gasteiger partial charge in [0.25, 0.3) is 0 Å². The van der Waals surface area contributed by atoms with E-state index in [4.69, 9.17) is 4.74 Å². The van der Waals surface area contributed by atoms with Gasteiger partial charge in [-0.1, -0.05) is 30.7 Å². The van der Waals surface area contributed by atoms with E-state index in [-0.39, 0.29) is 29.3 Å². The molecule has 6 nitrogen and oxygen atoms in total. The van der Waals surface area contributed by atoms with Gasteiger partial charge in [-0.25, -0.2) is 4.79 Å². The molecular formula is C23H33N3O3. The zero-order valence-electron chi connectivity index (χ0n) is 18.1. The second kappa shape index (κ2) is 7.63. The predicted molar refractivity (Wildman–Crippen MR) is 111 cm³/mol. The van der Waals surface area contributed by atoms with Gasteiger partial charge in [-0.05, 0) is 30.9 Å². The summed E-state index contributed by atoms with van der Waals surface area (Å²) in [7, 11) is 5.31. The Balaban J connectivity index is 1.60. The Morgan fingerprint density at radius 2 is 1.90 bits per heavy atom. The minimum atomic E-state index is -0.315. The van der Waals surface area contributed by atoms with Crippen LogP contribution >= 0.6 is 0 Å². The maximum Gasteiger partial charge on any atom is 0.320 e. The van der Waals surface area contributed by atoms with Gasteiger partial charge < -0.3 is 19.4 Å². The molecule has 1 aromatic carbocycles. The lowest BCUT2D eigenvalue weighted by Crippen LogP contribution is -2.50. The van der Waals surface area contributed by atoms with Crippen molar-refractivity contribution in [1.82, 2.24) is 14.7 Å². The molecule has 6 heteroatoms. The molecule has 1 aliphatic carbocycles. The number of fused-ring (bicyclic) bond motifs is 1. The fraction of sp³-hybridized carbons (Fsp3) is 0.652. The minimum Gasteiger partial charge on any atom is -0.384 e. The first-order valence-corrected chi connectivity index (χ1v) is 10.7. The Hall–Kier alpha value is -2.08. The van der Waals surface area contributed by atoms with Gasteiger partial charge >= 0.3 is 6.03 Å². The average molecular weight is 400 g/mol. The molecule has 3 amide bonds. The highest BCUT2D eigenvalue weighted by atomic mass is 16.5. The lowest BCUT2D eigenvalue weighted by Gasteiger charge is -2.42. The SMILES string of the molecule is COCC1(C(=O)N2C[C@@H]3CN(C(=O)N(C)C)[C@@H](c4ccccc4C)[C@@H]3C2)CCC1. The fourth-order valence-electron chi connectivity index (χ4n) is 5.62. The quantitative estimate of drug-likeness (QED) is 0.782. The van der Waals surface area contributed by atoms with Crippen LogP contribution in [0.1, 0.15) is 36.4 Å². The van der Waals surface area contributed by atoms with E-state index in [9.17, 15) is 9.59 Å². The van der Waals surface area contributed by atoms with Crippen molar-refractivity contribution >= 4 is 11.9 Å². The number of amides is 3. The third-order valence-electron chi connectivity index (χ3n) is 7.27. The van der Waals surface area contributed by atoms with Gasteiger partial charge in [0.1, 0.15) is 0 Å². The fourth-order valence-corrected chi connectivity index (χ4v) is 5.62. The number of ether oxygens (including phenoxy) is 1. The number of carbonyl (C=O) groups excluding carboxylic acids is 2. The molecule has 3 atom stereocenters. The van der Waals surface area contributed by atoms with Crippen LogP contribution in [0.5, 0.6) is 0 Å². The molecule has 2 saturated heterocycles. The summed E-state index contributed by atoms with van der Waals surface area (Å²) in [5, 5.41) is 0. The number of urea groups is 1. The van der Waals surface area contributed by atoms with Crippen LogP contribution in [0.15, 0.2) is 24.3 Å². The van der Waals surface area contributed by atoms with Gasteiger partial charge in [0.2, 0.25) is 5.91 Å². The van der Waals surface area contributed by atoms with E-state index >= 15 is 0 Å². The van der Waals surface area contributed by atoms with Crippen molar-refractivity contribution in [3.05, 3.63) is 35.4 Å². The van der Waals surface area contributed by atoms with Crippen LogP contribution in [0.25, 0.3) is 0 Å². The van der Waals surface area contributed by atoms with E-state index in [0.717, 1.165) is 32.4 Å². The van der Waals surface area contributed by atoms with Crippen molar-refractivity contribution < 1.29 is 14.3 Å². The predicted octanol–water partition coefficient (Wildman–Crippen LogP) is 2.92. The molecule has 0 bridgehead atoms. The first kappa shape index (κ1) is 20.2. The molecule has 4 rings (SSSR count). The molecule has 0 unspecified atom stereocenters. The normalized spacial score (nSPS) is 27.5. The zero-order chi connectivity index (χ0) is 20.8. The van der Waals surface area contributed by atoms with Gasteiger partial charge in [-0.3, -0.25) is 4.79 Å². The van der Waals surface area contributed by atoms with Crippen LogP contribution in [-0.4, -0.2) is 74.1 Å². The summed E-state index contributed by atoms with van der Waals surface area (Å²) < 4.78 is 5.40. The first-order valence-electron chi connectivity index (χ1n) is 10.7. The smallest absolute Gasteiger partial charge is 0.320 e. The van der Waals surface area contributed by atoms with Crippen molar-refractivity contribution in [3.8, 4) is 0 Å². The van der Waals surface area contributed by atoms with Gasteiger partial charge in [0.05, 0.1) is 18.1 Å². The summed E-state index contributed by atoms with van der Waals surface area (Å²) >= 11 is 0. The zero-order valence-corrected chi connectivity index (χ0v) is 18.1. The van der Waals surface area contributed by atoms with E-state index in [1.807, 2.05) is 31.1 Å². The van der Waals surface area contributed by atoms with Crippen molar-refractivity contribution in [3.63, 3.8) is 0 Å². The molecule has 2 heterocycles. The summed E-state index contributed by atoms with van der Waals surface area (Å²) in [6.07, 6.45) is 2.96. The molecule has 0 spiro atoms. The van der Waals surface area contributed by atoms with Gasteiger partial charge in [-0.2, -0.15) is 0 Å². The summed E-state index contributed by atoms with van der Waals surface area (Å²) in [5.41, 5.74) is 2.10. The maximum absolute atomic E-state index is 13.4. The van der Waals surface area contributed by atoms with Crippen molar-refractivity contribution in [2.75, 3.05) is 47.4 Å². The highest BCUT2D eigenvalue weighted by Gasteiger charge is 2.54. The third-order valence-corrected chi connectivity index (χ3v) is 7.27. The number of carbonyl (C=O) groups is 2. The summed E-state index contributed by atoms with van der Waals surface area (Å²) in [5.74, 6) is 0.866. The second-order valence-electron chi connectivity index (χ2n) is 9.33. The van der Waals surface area contributed by atoms with E-state index in [0.29, 0.717) is 19.1 Å². The molecular weight excluding hydrogens is 366 g/mol. The Bertz CT molecular complexity index is 789. The monoisotopic (exact) mass is 399 g/mol. The average Bonchev–Trinajstić information content (AvgIpc) is 3.22. The summed E-state index contributed by atoms with van der Waals surface area (Å²) in [6.45, 7) is 4.81. The number of aryl methyl sites for hydroxylation is 1. The highest BCUT2D eigenvalue weighted by molar-refractivity contribution is 5.84. The van der Waals surface area contributed by atoms with Crippen molar-refractivity contribution in [2.24, 2.45) is 17.3 Å². The van der Waals surface area contributed by atoms with Gasteiger partial charge in [0, 0.05) is 52.7 Å². The van der Waals surface area contributed by atoms with Crippen LogP contribution in [0.2, 0.25) is 0 Å². The molecule has 0 N–H and O–H groups in total. The Labute approximate surface area is 173 Å². The van der Waals surface area contributed by atoms with Crippen LogP contribution in [0.3, 0.4) is 0 Å². The molecule has 3 aliphatic rings. The Morgan fingerprint density at radius 1 is 1.17 bits per heavy atom. The number of nitrogens with zero attached hydrogens (tertiary/aromatic N) is 3. The summed E-state index contributed by atoms with van der Waals surface area (Å²) in [4.78, 5) is 32.1. The molecule has 1 saturated carbocycles. The van der Waals surface area contributed by atoms with Gasteiger partial charge in [-0.15, -0.1) is 0 Å². The van der Waals surface area contributed by atoms with Crippen molar-refractivity contribution in [2.45, 2.75) is 32.2 Å². The number of hydrogen-bond acceptors (Lipinski definition) is 3. The number of benzene rings is 1. The first-order chi connectivity index (χ1) is 13.9. The van der Waals surface area contributed by atoms with E-state index in [1.165, 1.54) is 11.1 Å². The minimum absolute atomic E-state index is 0.0219. The number of rotatable bonds is 4. The molecule has 0 radical (unpaired) electrons. The molecule has 158 valence electrons. The molecule has 0 aromatic heterocycles. The van der Waals surface area contributed by atoms with Crippen LogP contribution in [0.4, 0.5) is 4.79 Å². The number of methoxy groups -OCH3 is 1. The van der Waals surface area contributed by atoms with E-state index < -0.39 is 0 Å².